The summed E-state index contributed by atoms with van der Waals surface area (Å²) in [5.41, 5.74) is 0.709. The highest BCUT2D eigenvalue weighted by Gasteiger charge is 2.42. The number of carbonyl (C=O) groups is 1. The zero-order valence-corrected chi connectivity index (χ0v) is 13.6. The van der Waals surface area contributed by atoms with Gasteiger partial charge in [-0.05, 0) is 45.2 Å². The van der Waals surface area contributed by atoms with Crippen molar-refractivity contribution in [3.8, 4) is 0 Å². The number of rotatable bonds is 1. The molecule has 0 bridgehead atoms. The maximum Gasteiger partial charge on any atom is 0.253 e. The molecule has 0 N–H and O–H groups in total. The highest BCUT2D eigenvalue weighted by atomic mass is 19.1. The van der Waals surface area contributed by atoms with Gasteiger partial charge in [0.15, 0.2) is 0 Å². The number of hydrogen-bond donors (Lipinski definition) is 0. The second-order valence-corrected chi connectivity index (χ2v) is 7.11. The first kappa shape index (κ1) is 15.4. The molecule has 0 aromatic heterocycles. The van der Waals surface area contributed by atoms with Crippen LogP contribution in [0.15, 0.2) is 24.3 Å². The number of piperazine rings is 2. The van der Waals surface area contributed by atoms with Gasteiger partial charge in [-0.15, -0.1) is 0 Å². The van der Waals surface area contributed by atoms with Gasteiger partial charge in [0.2, 0.25) is 0 Å². The van der Waals surface area contributed by atoms with Crippen LogP contribution in [0.5, 0.6) is 0 Å². The summed E-state index contributed by atoms with van der Waals surface area (Å²) in [6, 6.07) is 6.20. The summed E-state index contributed by atoms with van der Waals surface area (Å²) >= 11 is 0. The van der Waals surface area contributed by atoms with Gasteiger partial charge in [0.25, 0.3) is 5.91 Å². The van der Waals surface area contributed by atoms with E-state index in [0.717, 1.165) is 32.7 Å². The lowest BCUT2D eigenvalue weighted by atomic mass is 9.93. The van der Waals surface area contributed by atoms with Crippen molar-refractivity contribution in [2.24, 2.45) is 0 Å². The zero-order chi connectivity index (χ0) is 15.9. The van der Waals surface area contributed by atoms with Crippen molar-refractivity contribution in [1.82, 2.24) is 14.7 Å². The monoisotopic (exact) mass is 305 g/mol. The van der Waals surface area contributed by atoms with Crippen LogP contribution in [0.3, 0.4) is 0 Å². The molecule has 2 aliphatic heterocycles. The van der Waals surface area contributed by atoms with Gasteiger partial charge in [-0.3, -0.25) is 9.69 Å². The first-order valence-electron chi connectivity index (χ1n) is 7.87. The van der Waals surface area contributed by atoms with E-state index < -0.39 is 0 Å². The molecule has 2 heterocycles. The molecule has 2 fully saturated rings. The van der Waals surface area contributed by atoms with E-state index in [0.29, 0.717) is 11.6 Å². The van der Waals surface area contributed by atoms with Crippen LogP contribution < -0.4 is 0 Å². The third kappa shape index (κ3) is 2.88. The molecule has 0 aliphatic carbocycles. The first-order chi connectivity index (χ1) is 10.4. The Morgan fingerprint density at radius 2 is 1.86 bits per heavy atom. The van der Waals surface area contributed by atoms with Gasteiger partial charge in [-0.2, -0.15) is 0 Å². The maximum atomic E-state index is 13.0. The van der Waals surface area contributed by atoms with E-state index in [1.54, 1.807) is 12.1 Å². The lowest BCUT2D eigenvalue weighted by Gasteiger charge is -2.55. The van der Waals surface area contributed by atoms with Crippen molar-refractivity contribution in [3.63, 3.8) is 0 Å². The molecule has 120 valence electrons. The summed E-state index contributed by atoms with van der Waals surface area (Å²) in [6.45, 7) is 8.95. The fourth-order valence-corrected chi connectivity index (χ4v) is 3.94. The van der Waals surface area contributed by atoms with Crippen LogP contribution in [-0.2, 0) is 0 Å². The SMILES string of the molecule is CN1C[C@@H]2CN(C(=O)c3ccc(F)cc3)CCN2C(C)(C)C1. The number of halogens is 1. The van der Waals surface area contributed by atoms with Crippen LogP contribution in [-0.4, -0.2) is 72.0 Å². The summed E-state index contributed by atoms with van der Waals surface area (Å²) < 4.78 is 13.0. The highest BCUT2D eigenvalue weighted by molar-refractivity contribution is 5.94. The van der Waals surface area contributed by atoms with Crippen LogP contribution in [0.1, 0.15) is 24.2 Å². The number of likely N-dealkylation sites (N-methyl/N-ethyl adjacent to an activating group) is 1. The maximum absolute atomic E-state index is 13.0. The average molecular weight is 305 g/mol. The fourth-order valence-electron chi connectivity index (χ4n) is 3.94. The lowest BCUT2D eigenvalue weighted by Crippen LogP contribution is -2.69. The third-order valence-electron chi connectivity index (χ3n) is 4.82. The molecule has 0 radical (unpaired) electrons. The first-order valence-corrected chi connectivity index (χ1v) is 7.87. The molecule has 1 amide bonds. The molecule has 3 rings (SSSR count). The lowest BCUT2D eigenvalue weighted by molar-refractivity contribution is -0.0518. The third-order valence-corrected chi connectivity index (χ3v) is 4.82. The van der Waals surface area contributed by atoms with Crippen LogP contribution >= 0.6 is 0 Å². The van der Waals surface area contributed by atoms with E-state index in [2.05, 4.69) is 30.7 Å². The molecule has 1 aromatic rings. The van der Waals surface area contributed by atoms with Crippen LogP contribution in [0.4, 0.5) is 4.39 Å². The van der Waals surface area contributed by atoms with Crippen molar-refractivity contribution in [3.05, 3.63) is 35.6 Å². The Kier molecular flexibility index (Phi) is 3.95. The van der Waals surface area contributed by atoms with Crippen molar-refractivity contribution in [1.29, 1.82) is 0 Å². The molecule has 1 aromatic carbocycles. The van der Waals surface area contributed by atoms with E-state index in [1.165, 1.54) is 12.1 Å². The number of amides is 1. The van der Waals surface area contributed by atoms with Gasteiger partial charge < -0.3 is 9.80 Å². The molecule has 5 heteroatoms. The van der Waals surface area contributed by atoms with Gasteiger partial charge in [0.05, 0.1) is 0 Å². The van der Waals surface area contributed by atoms with Crippen LogP contribution in [0.25, 0.3) is 0 Å². The summed E-state index contributed by atoms with van der Waals surface area (Å²) in [6.07, 6.45) is 0. The Hall–Kier alpha value is -1.46. The molecule has 4 nitrogen and oxygen atoms in total. The largest absolute Gasteiger partial charge is 0.336 e. The van der Waals surface area contributed by atoms with Gasteiger partial charge >= 0.3 is 0 Å². The Morgan fingerprint density at radius 3 is 2.55 bits per heavy atom. The standard InChI is InChI=1S/C17H24FN3O/c1-17(2)12-19(3)10-15-11-20(8-9-21(15)17)16(22)13-4-6-14(18)7-5-13/h4-7,15H,8-12H2,1-3H3/t15-/m1/s1. The van der Waals surface area contributed by atoms with E-state index in [1.807, 2.05) is 4.90 Å². The van der Waals surface area contributed by atoms with Gasteiger partial charge in [0, 0.05) is 49.9 Å². The topological polar surface area (TPSA) is 26.8 Å². The predicted octanol–water partition coefficient (Wildman–Crippen LogP) is 1.68. The number of hydrogen-bond acceptors (Lipinski definition) is 3. The van der Waals surface area contributed by atoms with E-state index in [4.69, 9.17) is 0 Å². The molecular formula is C17H24FN3O. The molecule has 0 unspecified atom stereocenters. The predicted molar refractivity (Wildman–Crippen MR) is 84.4 cm³/mol. The summed E-state index contributed by atoms with van der Waals surface area (Å²) in [5.74, 6) is -0.303. The van der Waals surface area contributed by atoms with Crippen molar-refractivity contribution in [2.45, 2.75) is 25.4 Å². The minimum absolute atomic E-state index is 0.00526. The van der Waals surface area contributed by atoms with Gasteiger partial charge in [-0.25, -0.2) is 4.39 Å². The summed E-state index contributed by atoms with van der Waals surface area (Å²) in [4.78, 5) is 19.4. The number of fused-ring (bicyclic) bond motifs is 1. The number of carbonyl (C=O) groups excluding carboxylic acids is 1. The van der Waals surface area contributed by atoms with E-state index >= 15 is 0 Å². The number of nitrogens with zero attached hydrogens (tertiary/aromatic N) is 3. The molecule has 0 saturated carbocycles. The van der Waals surface area contributed by atoms with Crippen molar-refractivity contribution in [2.75, 3.05) is 39.8 Å². The van der Waals surface area contributed by atoms with Crippen LogP contribution in [0, 0.1) is 5.82 Å². The minimum Gasteiger partial charge on any atom is -0.336 e. The second-order valence-electron chi connectivity index (χ2n) is 7.11. The minimum atomic E-state index is -0.308. The summed E-state index contributed by atoms with van der Waals surface area (Å²) in [7, 11) is 2.14. The Labute approximate surface area is 131 Å². The van der Waals surface area contributed by atoms with Crippen LogP contribution in [0.2, 0.25) is 0 Å². The second kappa shape index (κ2) is 5.63. The Bertz CT molecular complexity index is 558. The highest BCUT2D eigenvalue weighted by Crippen LogP contribution is 2.27. The van der Waals surface area contributed by atoms with Crippen molar-refractivity contribution < 1.29 is 9.18 Å². The van der Waals surface area contributed by atoms with E-state index in [-0.39, 0.29) is 17.3 Å². The molecule has 0 spiro atoms. The zero-order valence-electron chi connectivity index (χ0n) is 13.6. The van der Waals surface area contributed by atoms with Crippen molar-refractivity contribution >= 4 is 5.91 Å². The summed E-state index contributed by atoms with van der Waals surface area (Å²) in [5, 5.41) is 0. The number of benzene rings is 1. The molecule has 22 heavy (non-hydrogen) atoms. The molecule has 2 saturated heterocycles. The van der Waals surface area contributed by atoms with Gasteiger partial charge in [0.1, 0.15) is 5.82 Å². The van der Waals surface area contributed by atoms with Gasteiger partial charge in [-0.1, -0.05) is 0 Å². The fraction of sp³-hybridized carbons (Fsp3) is 0.588. The molecule has 2 aliphatic rings. The average Bonchev–Trinajstić information content (AvgIpc) is 2.45. The molecular weight excluding hydrogens is 281 g/mol. The van der Waals surface area contributed by atoms with E-state index in [9.17, 15) is 9.18 Å². The Morgan fingerprint density at radius 1 is 1.18 bits per heavy atom. The molecule has 1 atom stereocenters. The smallest absolute Gasteiger partial charge is 0.253 e. The Balaban J connectivity index is 1.73. The normalized spacial score (nSPS) is 25.8. The quantitative estimate of drug-likeness (QED) is 0.790.